The van der Waals surface area contributed by atoms with E-state index in [1.807, 2.05) is 44.6 Å². The zero-order chi connectivity index (χ0) is 17.5. The highest BCUT2D eigenvalue weighted by Crippen LogP contribution is 2.30. The molecule has 128 valence electrons. The van der Waals surface area contributed by atoms with Crippen LogP contribution in [0.4, 0.5) is 0 Å². The molecule has 4 aromatic rings. The van der Waals surface area contributed by atoms with Crippen LogP contribution in [0.3, 0.4) is 0 Å². The maximum absolute atomic E-state index is 13.2. The predicted octanol–water partition coefficient (Wildman–Crippen LogP) is 2.17. The highest BCUT2D eigenvalue weighted by molar-refractivity contribution is 5.97. The number of hydrogen-bond donors (Lipinski definition) is 0. The summed E-state index contributed by atoms with van der Waals surface area (Å²) in [7, 11) is 0. The van der Waals surface area contributed by atoms with Crippen molar-refractivity contribution < 1.29 is 4.79 Å². The number of benzene rings is 1. The van der Waals surface area contributed by atoms with Crippen molar-refractivity contribution in [2.24, 2.45) is 0 Å². The van der Waals surface area contributed by atoms with Gasteiger partial charge in [-0.25, -0.2) is 9.97 Å². The van der Waals surface area contributed by atoms with Crippen molar-refractivity contribution in [3.63, 3.8) is 0 Å². The van der Waals surface area contributed by atoms with Gasteiger partial charge in [-0.05, 0) is 17.2 Å². The lowest BCUT2D eigenvalue weighted by Gasteiger charge is -2.34. The summed E-state index contributed by atoms with van der Waals surface area (Å²) in [6.45, 7) is 1.09. The van der Waals surface area contributed by atoms with Crippen molar-refractivity contribution >= 4 is 11.6 Å². The molecule has 0 unspecified atom stereocenters. The fourth-order valence-corrected chi connectivity index (χ4v) is 3.58. The lowest BCUT2D eigenvalue weighted by molar-refractivity contribution is 0.0702. The van der Waals surface area contributed by atoms with Gasteiger partial charge in [-0.2, -0.15) is 5.10 Å². The van der Waals surface area contributed by atoms with Crippen LogP contribution in [0.1, 0.15) is 27.7 Å². The second kappa shape index (κ2) is 5.80. The van der Waals surface area contributed by atoms with Gasteiger partial charge >= 0.3 is 0 Å². The average molecular weight is 344 g/mol. The second-order valence-corrected chi connectivity index (χ2v) is 6.32. The van der Waals surface area contributed by atoms with E-state index in [2.05, 4.69) is 27.2 Å². The van der Waals surface area contributed by atoms with Gasteiger partial charge in [-0.1, -0.05) is 24.3 Å². The topological polar surface area (TPSA) is 68.3 Å². The van der Waals surface area contributed by atoms with Crippen LogP contribution in [0.25, 0.3) is 5.65 Å². The minimum Gasteiger partial charge on any atom is -0.330 e. The Hall–Kier alpha value is -3.48. The van der Waals surface area contributed by atoms with Gasteiger partial charge in [0, 0.05) is 50.3 Å². The van der Waals surface area contributed by atoms with Crippen molar-refractivity contribution in [1.29, 1.82) is 0 Å². The Labute approximate surface area is 149 Å². The third-order valence-electron chi connectivity index (χ3n) is 4.81. The molecule has 4 heterocycles. The predicted molar refractivity (Wildman–Crippen MR) is 94.5 cm³/mol. The Morgan fingerprint density at radius 3 is 2.69 bits per heavy atom. The maximum Gasteiger partial charge on any atom is 0.276 e. The first-order chi connectivity index (χ1) is 12.8. The molecule has 1 aliphatic heterocycles. The molecule has 3 aromatic heterocycles. The Balaban J connectivity index is 1.56. The van der Waals surface area contributed by atoms with Crippen LogP contribution in [-0.2, 0) is 6.54 Å². The van der Waals surface area contributed by atoms with Crippen LogP contribution in [0.5, 0.6) is 0 Å². The molecule has 0 saturated heterocycles. The average Bonchev–Trinajstić information content (AvgIpc) is 3.38. The van der Waals surface area contributed by atoms with E-state index >= 15 is 0 Å². The monoisotopic (exact) mass is 344 g/mol. The molecule has 7 nitrogen and oxygen atoms in total. The largest absolute Gasteiger partial charge is 0.330 e. The molecule has 0 aliphatic carbocycles. The summed E-state index contributed by atoms with van der Waals surface area (Å²) in [6.07, 6.45) is 10.6. The van der Waals surface area contributed by atoms with Gasteiger partial charge in [-0.3, -0.25) is 9.48 Å². The number of nitrogens with zero attached hydrogens (tertiary/aromatic N) is 6. The highest BCUT2D eigenvalue weighted by atomic mass is 16.2. The fraction of sp³-hybridized carbons (Fsp3) is 0.158. The first-order valence-corrected chi connectivity index (χ1v) is 8.45. The maximum atomic E-state index is 13.2. The molecule has 7 heteroatoms. The third-order valence-corrected chi connectivity index (χ3v) is 4.81. The molecule has 0 saturated carbocycles. The summed E-state index contributed by atoms with van der Waals surface area (Å²) >= 11 is 0. The van der Waals surface area contributed by atoms with Gasteiger partial charge in [0.15, 0.2) is 11.3 Å². The third kappa shape index (κ3) is 2.28. The summed E-state index contributed by atoms with van der Waals surface area (Å²) in [5.74, 6) is -0.117. The quantitative estimate of drug-likeness (QED) is 0.559. The smallest absolute Gasteiger partial charge is 0.276 e. The molecule has 0 bridgehead atoms. The summed E-state index contributed by atoms with van der Waals surface area (Å²) in [5, 5.41) is 4.39. The van der Waals surface area contributed by atoms with Crippen molar-refractivity contribution in [2.45, 2.75) is 12.6 Å². The Kier molecular flexibility index (Phi) is 3.31. The van der Waals surface area contributed by atoms with Gasteiger partial charge in [0.05, 0.1) is 6.04 Å². The molecule has 1 aromatic carbocycles. The van der Waals surface area contributed by atoms with Gasteiger partial charge in [0.1, 0.15) is 0 Å². The molecule has 0 radical (unpaired) electrons. The fourth-order valence-electron chi connectivity index (χ4n) is 3.58. The molecule has 0 N–H and O–H groups in total. The lowest BCUT2D eigenvalue weighted by atomic mass is 9.95. The molecule has 1 amide bonds. The summed E-state index contributed by atoms with van der Waals surface area (Å²) in [4.78, 5) is 23.6. The molecule has 5 rings (SSSR count). The van der Waals surface area contributed by atoms with E-state index < -0.39 is 0 Å². The summed E-state index contributed by atoms with van der Waals surface area (Å²) in [5.41, 5.74) is 3.28. The number of rotatable bonds is 2. The molecule has 0 spiro atoms. The van der Waals surface area contributed by atoms with Gasteiger partial charge in [0.2, 0.25) is 0 Å². The van der Waals surface area contributed by atoms with Crippen LogP contribution in [0.2, 0.25) is 0 Å². The number of carbonyl (C=O) groups is 1. The van der Waals surface area contributed by atoms with E-state index in [-0.39, 0.29) is 11.9 Å². The van der Waals surface area contributed by atoms with Crippen LogP contribution in [0.15, 0.2) is 67.5 Å². The SMILES string of the molecule is O=C(c1nccn2ccnc12)N1Cc2ccccc2[C@@H](n2cccn2)C1. The minimum atomic E-state index is -0.117. The molecular formula is C19H16N6O. The Bertz CT molecular complexity index is 1080. The number of carbonyl (C=O) groups excluding carboxylic acids is 1. The van der Waals surface area contributed by atoms with E-state index in [1.165, 1.54) is 5.56 Å². The second-order valence-electron chi connectivity index (χ2n) is 6.32. The van der Waals surface area contributed by atoms with Crippen molar-refractivity contribution in [1.82, 2.24) is 29.0 Å². The molecule has 26 heavy (non-hydrogen) atoms. The van der Waals surface area contributed by atoms with Crippen molar-refractivity contribution in [3.8, 4) is 0 Å². The highest BCUT2D eigenvalue weighted by Gasteiger charge is 2.31. The van der Waals surface area contributed by atoms with Crippen molar-refractivity contribution in [3.05, 3.63) is 84.3 Å². The van der Waals surface area contributed by atoms with Gasteiger partial charge in [-0.15, -0.1) is 0 Å². The number of aromatic nitrogens is 5. The number of amides is 1. The number of imidazole rings is 1. The van der Waals surface area contributed by atoms with E-state index in [0.29, 0.717) is 24.4 Å². The van der Waals surface area contributed by atoms with Crippen LogP contribution < -0.4 is 0 Å². The van der Waals surface area contributed by atoms with E-state index in [0.717, 1.165) is 5.56 Å². The lowest BCUT2D eigenvalue weighted by Crippen LogP contribution is -2.41. The van der Waals surface area contributed by atoms with E-state index in [9.17, 15) is 4.79 Å². The Morgan fingerprint density at radius 1 is 1.00 bits per heavy atom. The molecular weight excluding hydrogens is 328 g/mol. The van der Waals surface area contributed by atoms with Gasteiger partial charge < -0.3 is 9.30 Å². The molecule has 0 fully saturated rings. The minimum absolute atomic E-state index is 0.0154. The molecule has 1 aliphatic rings. The normalized spacial score (nSPS) is 16.6. The molecule has 1 atom stereocenters. The van der Waals surface area contributed by atoms with E-state index in [1.54, 1.807) is 24.8 Å². The number of hydrogen-bond acceptors (Lipinski definition) is 4. The Morgan fingerprint density at radius 2 is 1.85 bits per heavy atom. The van der Waals surface area contributed by atoms with Gasteiger partial charge in [0.25, 0.3) is 5.91 Å². The summed E-state index contributed by atoms with van der Waals surface area (Å²) < 4.78 is 3.71. The zero-order valence-corrected chi connectivity index (χ0v) is 13.9. The van der Waals surface area contributed by atoms with Crippen LogP contribution in [-0.4, -0.2) is 41.5 Å². The van der Waals surface area contributed by atoms with Crippen LogP contribution >= 0.6 is 0 Å². The first kappa shape index (κ1) is 14.8. The standard InChI is InChI=1S/C19H16N6O/c26-19(17-18-21-8-11-23(18)10-7-20-17)24-12-14-4-1-2-5-15(14)16(13-24)25-9-3-6-22-25/h1-11,16H,12-13H2/t16-/m0/s1. The first-order valence-electron chi connectivity index (χ1n) is 8.45. The summed E-state index contributed by atoms with van der Waals surface area (Å²) in [6, 6.07) is 10.1. The van der Waals surface area contributed by atoms with E-state index in [4.69, 9.17) is 0 Å². The van der Waals surface area contributed by atoms with Crippen LogP contribution in [0, 0.1) is 0 Å². The zero-order valence-electron chi connectivity index (χ0n) is 13.9. The number of fused-ring (bicyclic) bond motifs is 2. The van der Waals surface area contributed by atoms with Crippen molar-refractivity contribution in [2.75, 3.05) is 6.54 Å².